The van der Waals surface area contributed by atoms with Gasteiger partial charge >= 0.3 is 0 Å². The van der Waals surface area contributed by atoms with Gasteiger partial charge in [0.05, 0.1) is 11.5 Å². The number of likely N-dealkylation sites (N-methyl/N-ethyl adjacent to an activating group) is 1. The third-order valence-corrected chi connectivity index (χ3v) is 3.63. The van der Waals surface area contributed by atoms with Gasteiger partial charge in [-0.25, -0.2) is 0 Å². The minimum Gasteiger partial charge on any atom is -0.392 e. The maximum absolute atomic E-state index is 12.5. The van der Waals surface area contributed by atoms with E-state index in [1.54, 1.807) is 6.92 Å². The van der Waals surface area contributed by atoms with Crippen LogP contribution in [0.3, 0.4) is 0 Å². The van der Waals surface area contributed by atoms with Gasteiger partial charge in [-0.3, -0.25) is 9.59 Å². The molecule has 0 atom stereocenters. The van der Waals surface area contributed by atoms with Gasteiger partial charge in [-0.05, 0) is 19.8 Å². The first-order valence-electron chi connectivity index (χ1n) is 5.89. The van der Waals surface area contributed by atoms with E-state index < -0.39 is 11.3 Å². The molecule has 18 heavy (non-hydrogen) atoms. The smallest absolute Gasteiger partial charge is 0.237 e. The second kappa shape index (κ2) is 6.10. The van der Waals surface area contributed by atoms with E-state index in [0.29, 0.717) is 32.6 Å². The van der Waals surface area contributed by atoms with E-state index in [-0.39, 0.29) is 17.4 Å². The lowest BCUT2D eigenvalue weighted by atomic mass is 9.78. The van der Waals surface area contributed by atoms with Crippen LogP contribution in [0.1, 0.15) is 19.8 Å². The third-order valence-electron chi connectivity index (χ3n) is 3.24. The molecule has 0 spiro atoms. The predicted octanol–water partition coefficient (Wildman–Crippen LogP) is -0.597. The Hall–Kier alpha value is -1.21. The van der Waals surface area contributed by atoms with Gasteiger partial charge in [0.25, 0.3) is 0 Å². The normalized spacial score (nSPS) is 18.1. The molecule has 1 aliphatic rings. The van der Waals surface area contributed by atoms with Gasteiger partial charge < -0.3 is 21.1 Å². The lowest BCUT2D eigenvalue weighted by Crippen LogP contribution is -2.54. The fourth-order valence-corrected chi connectivity index (χ4v) is 2.39. The molecule has 1 rings (SSSR count). The van der Waals surface area contributed by atoms with E-state index in [9.17, 15) is 9.59 Å². The monoisotopic (exact) mass is 273 g/mol. The molecule has 0 saturated carbocycles. The first-order valence-corrected chi connectivity index (χ1v) is 6.30. The zero-order valence-electron chi connectivity index (χ0n) is 10.5. The van der Waals surface area contributed by atoms with Gasteiger partial charge in [0.15, 0.2) is 0 Å². The first kappa shape index (κ1) is 14.8. The Labute approximate surface area is 112 Å². The Kier molecular flexibility index (Phi) is 5.03. The van der Waals surface area contributed by atoms with Gasteiger partial charge in [0.1, 0.15) is 5.41 Å². The first-order chi connectivity index (χ1) is 8.44. The third kappa shape index (κ3) is 2.97. The van der Waals surface area contributed by atoms with E-state index in [1.165, 1.54) is 4.90 Å². The van der Waals surface area contributed by atoms with E-state index in [2.05, 4.69) is 0 Å². The molecular formula is C11H19N3O3S. The maximum Gasteiger partial charge on any atom is 0.237 e. The zero-order valence-corrected chi connectivity index (χ0v) is 11.3. The number of hydrogen-bond donors (Lipinski definition) is 2. The van der Waals surface area contributed by atoms with Crippen molar-refractivity contribution < 1.29 is 14.3 Å². The van der Waals surface area contributed by atoms with Crippen LogP contribution in [-0.2, 0) is 14.3 Å². The number of carbonyl (C=O) groups excluding carboxylic acids is 2. The highest BCUT2D eigenvalue weighted by Crippen LogP contribution is 2.33. The van der Waals surface area contributed by atoms with Crippen LogP contribution in [0.5, 0.6) is 0 Å². The number of ether oxygens (including phenoxy) is 1. The molecule has 0 unspecified atom stereocenters. The molecule has 6 nitrogen and oxygen atoms in total. The van der Waals surface area contributed by atoms with Gasteiger partial charge in [0, 0.05) is 19.8 Å². The van der Waals surface area contributed by atoms with Crippen molar-refractivity contribution in [3.05, 3.63) is 0 Å². The summed E-state index contributed by atoms with van der Waals surface area (Å²) in [5, 5.41) is 0. The Morgan fingerprint density at radius 3 is 2.28 bits per heavy atom. The molecule has 0 aliphatic carbocycles. The van der Waals surface area contributed by atoms with Crippen LogP contribution in [-0.4, -0.2) is 48.0 Å². The van der Waals surface area contributed by atoms with Crippen molar-refractivity contribution in [2.24, 2.45) is 16.9 Å². The van der Waals surface area contributed by atoms with Crippen LogP contribution >= 0.6 is 12.2 Å². The minimum absolute atomic E-state index is 0.111. The van der Waals surface area contributed by atoms with Crippen LogP contribution in [0.15, 0.2) is 0 Å². The van der Waals surface area contributed by atoms with Gasteiger partial charge in [-0.1, -0.05) is 12.2 Å². The molecule has 0 aromatic heterocycles. The van der Waals surface area contributed by atoms with Crippen LogP contribution in [0.2, 0.25) is 0 Å². The Morgan fingerprint density at radius 1 is 1.33 bits per heavy atom. The summed E-state index contributed by atoms with van der Waals surface area (Å²) in [6.45, 7) is 2.95. The molecule has 0 radical (unpaired) electrons. The summed E-state index contributed by atoms with van der Waals surface area (Å²) in [6, 6.07) is 0. The number of rotatable bonds is 5. The standard InChI is InChI=1S/C11H19N3O3S/c1-2-14(7-8(12)15)10(16)11(9(13)18)3-5-17-6-4-11/h2-7H2,1H3,(H2,12,15)(H2,13,18). The van der Waals surface area contributed by atoms with Crippen molar-refractivity contribution in [1.82, 2.24) is 4.90 Å². The minimum atomic E-state index is -0.890. The molecule has 1 saturated heterocycles. The summed E-state index contributed by atoms with van der Waals surface area (Å²) in [7, 11) is 0. The van der Waals surface area contributed by atoms with Crippen LogP contribution < -0.4 is 11.5 Å². The molecule has 1 heterocycles. The molecule has 0 aromatic rings. The Morgan fingerprint density at radius 2 is 1.89 bits per heavy atom. The highest BCUT2D eigenvalue weighted by molar-refractivity contribution is 7.80. The van der Waals surface area contributed by atoms with Crippen LogP contribution in [0.4, 0.5) is 0 Å². The fraction of sp³-hybridized carbons (Fsp3) is 0.727. The number of nitrogens with two attached hydrogens (primary N) is 2. The van der Waals surface area contributed by atoms with Crippen LogP contribution in [0.25, 0.3) is 0 Å². The van der Waals surface area contributed by atoms with Crippen molar-refractivity contribution in [3.8, 4) is 0 Å². The highest BCUT2D eigenvalue weighted by Gasteiger charge is 2.45. The number of thiocarbonyl (C=S) groups is 1. The Bertz CT molecular complexity index is 353. The summed E-state index contributed by atoms with van der Waals surface area (Å²) in [5.41, 5.74) is 9.98. The molecule has 1 aliphatic heterocycles. The lowest BCUT2D eigenvalue weighted by molar-refractivity contribution is -0.144. The summed E-state index contributed by atoms with van der Waals surface area (Å²) >= 11 is 5.04. The van der Waals surface area contributed by atoms with E-state index in [1.807, 2.05) is 0 Å². The SMILES string of the molecule is CCN(CC(N)=O)C(=O)C1(C(N)=S)CCOCC1. The van der Waals surface area contributed by atoms with Crippen molar-refractivity contribution >= 4 is 29.0 Å². The summed E-state index contributed by atoms with van der Waals surface area (Å²) in [6.07, 6.45) is 0.910. The van der Waals surface area contributed by atoms with Crippen LogP contribution in [0, 0.1) is 5.41 Å². The largest absolute Gasteiger partial charge is 0.392 e. The van der Waals surface area contributed by atoms with Gasteiger partial charge in [-0.2, -0.15) is 0 Å². The number of primary amides is 1. The van der Waals surface area contributed by atoms with Gasteiger partial charge in [-0.15, -0.1) is 0 Å². The number of nitrogens with zero attached hydrogens (tertiary/aromatic N) is 1. The average molecular weight is 273 g/mol. The van der Waals surface area contributed by atoms with Crippen molar-refractivity contribution in [1.29, 1.82) is 0 Å². The number of carbonyl (C=O) groups is 2. The average Bonchev–Trinajstić information content (AvgIpc) is 2.35. The predicted molar refractivity (Wildman–Crippen MR) is 70.7 cm³/mol. The summed E-state index contributed by atoms with van der Waals surface area (Å²) in [5.74, 6) is -0.769. The fourth-order valence-electron chi connectivity index (χ4n) is 2.10. The van der Waals surface area contributed by atoms with Crippen molar-refractivity contribution in [3.63, 3.8) is 0 Å². The number of amides is 2. The molecule has 1 fully saturated rings. The zero-order chi connectivity index (χ0) is 13.8. The number of hydrogen-bond acceptors (Lipinski definition) is 4. The molecule has 4 N–H and O–H groups in total. The Balaban J connectivity index is 2.94. The topological polar surface area (TPSA) is 98.7 Å². The molecule has 2 amide bonds. The van der Waals surface area contributed by atoms with Crippen molar-refractivity contribution in [2.75, 3.05) is 26.3 Å². The summed E-state index contributed by atoms with van der Waals surface area (Å²) < 4.78 is 5.24. The van der Waals surface area contributed by atoms with Gasteiger partial charge in [0.2, 0.25) is 11.8 Å². The highest BCUT2D eigenvalue weighted by atomic mass is 32.1. The van der Waals surface area contributed by atoms with E-state index >= 15 is 0 Å². The quantitative estimate of drug-likeness (QED) is 0.652. The van der Waals surface area contributed by atoms with Crippen molar-refractivity contribution in [2.45, 2.75) is 19.8 Å². The van der Waals surface area contributed by atoms with E-state index in [4.69, 9.17) is 28.4 Å². The van der Waals surface area contributed by atoms with E-state index in [0.717, 1.165) is 0 Å². The summed E-state index contributed by atoms with van der Waals surface area (Å²) in [4.78, 5) is 25.1. The molecule has 0 aromatic carbocycles. The lowest BCUT2D eigenvalue weighted by Gasteiger charge is -2.38. The second-order valence-corrected chi connectivity index (χ2v) is 4.78. The maximum atomic E-state index is 12.5. The molecular weight excluding hydrogens is 254 g/mol. The second-order valence-electron chi connectivity index (χ2n) is 4.34. The molecule has 0 bridgehead atoms. The molecule has 7 heteroatoms. The molecule has 102 valence electrons.